The average molecular weight is 222 g/mol. The number of allylic oxidation sites excluding steroid dienone is 1. The van der Waals surface area contributed by atoms with Crippen LogP contribution in [0, 0.1) is 0 Å². The largest absolute Gasteiger partial charge is 0.508 e. The van der Waals surface area contributed by atoms with Crippen LogP contribution >= 0.6 is 0 Å². The zero-order valence-corrected chi connectivity index (χ0v) is 9.56. The number of benzene rings is 2. The molecule has 0 aliphatic heterocycles. The minimum Gasteiger partial charge on any atom is -0.508 e. The third-order valence-corrected chi connectivity index (χ3v) is 2.64. The molecule has 0 aromatic heterocycles. The molecule has 2 rings (SSSR count). The van der Waals surface area contributed by atoms with Crippen LogP contribution in [-0.2, 0) is 0 Å². The van der Waals surface area contributed by atoms with Gasteiger partial charge in [0, 0.05) is 5.57 Å². The maximum absolute atomic E-state index is 9.78. The van der Waals surface area contributed by atoms with Gasteiger partial charge in [0.05, 0.1) is 0 Å². The van der Waals surface area contributed by atoms with Crippen LogP contribution in [0.2, 0.25) is 0 Å². The van der Waals surface area contributed by atoms with E-state index in [1.165, 1.54) is 0 Å². The van der Waals surface area contributed by atoms with Crippen molar-refractivity contribution in [2.24, 2.45) is 0 Å². The van der Waals surface area contributed by atoms with Gasteiger partial charge in [0.15, 0.2) is 0 Å². The highest BCUT2D eigenvalue weighted by atomic mass is 16.3. The molecule has 0 unspecified atom stereocenters. The van der Waals surface area contributed by atoms with Gasteiger partial charge >= 0.3 is 0 Å². The summed E-state index contributed by atoms with van der Waals surface area (Å²) in [6.07, 6.45) is 0. The lowest BCUT2D eigenvalue weighted by atomic mass is 10.0. The van der Waals surface area contributed by atoms with Crippen LogP contribution in [0.5, 0.6) is 0 Å². The van der Waals surface area contributed by atoms with E-state index in [-0.39, 0.29) is 5.76 Å². The fraction of sp³-hybridized carbons (Fsp3) is 0. The van der Waals surface area contributed by atoms with E-state index in [9.17, 15) is 5.11 Å². The van der Waals surface area contributed by atoms with Gasteiger partial charge in [-0.05, 0) is 16.0 Å². The summed E-state index contributed by atoms with van der Waals surface area (Å²) in [5.74, 6) is 0.0623. The summed E-state index contributed by atoms with van der Waals surface area (Å²) in [5.41, 5.74) is 1.67. The Balaban J connectivity index is 2.84. The first-order valence-electron chi connectivity index (χ1n) is 5.42. The molecule has 0 heterocycles. The molecule has 0 saturated carbocycles. The SMILES string of the molecule is C=C(O)/C(c1ccccc1)=c1/ccccc1=C. The molecule has 2 aromatic rings. The first kappa shape index (κ1) is 11.2. The summed E-state index contributed by atoms with van der Waals surface area (Å²) in [5, 5.41) is 11.6. The van der Waals surface area contributed by atoms with Gasteiger partial charge in [0.25, 0.3) is 0 Å². The van der Waals surface area contributed by atoms with Crippen LogP contribution in [0.25, 0.3) is 12.2 Å². The van der Waals surface area contributed by atoms with Crippen molar-refractivity contribution < 1.29 is 5.11 Å². The van der Waals surface area contributed by atoms with Gasteiger partial charge in [-0.1, -0.05) is 67.8 Å². The molecule has 1 nitrogen and oxygen atoms in total. The van der Waals surface area contributed by atoms with Gasteiger partial charge in [-0.15, -0.1) is 0 Å². The Morgan fingerprint density at radius 1 is 0.882 bits per heavy atom. The van der Waals surface area contributed by atoms with Gasteiger partial charge in [0.2, 0.25) is 0 Å². The van der Waals surface area contributed by atoms with Gasteiger partial charge in [-0.3, -0.25) is 0 Å². The molecule has 0 fully saturated rings. The molecule has 0 saturated heterocycles. The Bertz CT molecular complexity index is 639. The van der Waals surface area contributed by atoms with Crippen molar-refractivity contribution in [3.63, 3.8) is 0 Å². The summed E-state index contributed by atoms with van der Waals surface area (Å²) in [6, 6.07) is 17.4. The summed E-state index contributed by atoms with van der Waals surface area (Å²) in [4.78, 5) is 0. The Morgan fingerprint density at radius 3 is 2.06 bits per heavy atom. The molecular weight excluding hydrogens is 208 g/mol. The highest BCUT2D eigenvalue weighted by molar-refractivity contribution is 5.75. The Hall–Kier alpha value is -2.28. The van der Waals surface area contributed by atoms with Crippen molar-refractivity contribution >= 4 is 12.2 Å². The van der Waals surface area contributed by atoms with Crippen molar-refractivity contribution in [1.29, 1.82) is 0 Å². The standard InChI is InChI=1S/C16H14O/c1-12-8-6-7-11-15(12)16(13(2)17)14-9-4-3-5-10-14/h3-11,17H,1-2H2/b16-15+. The first-order chi connectivity index (χ1) is 8.20. The second-order valence-electron chi connectivity index (χ2n) is 3.84. The minimum absolute atomic E-state index is 0.0623. The zero-order chi connectivity index (χ0) is 12.3. The molecule has 0 amide bonds. The molecule has 17 heavy (non-hydrogen) atoms. The van der Waals surface area contributed by atoms with E-state index in [0.29, 0.717) is 0 Å². The van der Waals surface area contributed by atoms with Gasteiger partial charge in [-0.2, -0.15) is 0 Å². The van der Waals surface area contributed by atoms with Gasteiger partial charge < -0.3 is 5.11 Å². The highest BCUT2D eigenvalue weighted by Crippen LogP contribution is 2.15. The third kappa shape index (κ3) is 2.28. The van der Waals surface area contributed by atoms with E-state index >= 15 is 0 Å². The summed E-state index contributed by atoms with van der Waals surface area (Å²) in [6.45, 7) is 7.62. The van der Waals surface area contributed by atoms with E-state index in [1.54, 1.807) is 0 Å². The summed E-state index contributed by atoms with van der Waals surface area (Å²) < 4.78 is 0. The van der Waals surface area contributed by atoms with Crippen LogP contribution < -0.4 is 10.4 Å². The van der Waals surface area contributed by atoms with Crippen LogP contribution in [-0.4, -0.2) is 5.11 Å². The van der Waals surface area contributed by atoms with Crippen LogP contribution in [0.15, 0.2) is 66.9 Å². The first-order valence-corrected chi connectivity index (χ1v) is 5.42. The van der Waals surface area contributed by atoms with E-state index in [4.69, 9.17) is 0 Å². The van der Waals surface area contributed by atoms with Crippen LogP contribution in [0.3, 0.4) is 0 Å². The summed E-state index contributed by atoms with van der Waals surface area (Å²) >= 11 is 0. The minimum atomic E-state index is 0.0623. The predicted molar refractivity (Wildman–Crippen MR) is 71.9 cm³/mol. The molecule has 0 bridgehead atoms. The smallest absolute Gasteiger partial charge is 0.116 e. The number of aliphatic hydroxyl groups excluding tert-OH is 1. The second kappa shape index (κ2) is 4.71. The topological polar surface area (TPSA) is 20.2 Å². The zero-order valence-electron chi connectivity index (χ0n) is 9.56. The summed E-state index contributed by atoms with van der Waals surface area (Å²) in [7, 11) is 0. The molecule has 84 valence electrons. The fourth-order valence-electron chi connectivity index (χ4n) is 1.85. The number of aliphatic hydroxyl groups is 1. The molecule has 2 aromatic carbocycles. The molecule has 0 atom stereocenters. The van der Waals surface area contributed by atoms with E-state index in [0.717, 1.165) is 21.6 Å². The predicted octanol–water partition coefficient (Wildman–Crippen LogP) is 2.37. The Labute approximate surface area is 101 Å². The fourth-order valence-corrected chi connectivity index (χ4v) is 1.85. The van der Waals surface area contributed by atoms with Crippen molar-refractivity contribution in [1.82, 2.24) is 0 Å². The quantitative estimate of drug-likeness (QED) is 0.773. The number of hydrogen-bond donors (Lipinski definition) is 1. The molecule has 0 aliphatic rings. The van der Waals surface area contributed by atoms with Gasteiger partial charge in [0.1, 0.15) is 5.76 Å². The van der Waals surface area contributed by atoms with E-state index in [1.807, 2.05) is 54.6 Å². The average Bonchev–Trinajstić information content (AvgIpc) is 2.33. The number of hydrogen-bond acceptors (Lipinski definition) is 1. The van der Waals surface area contributed by atoms with E-state index < -0.39 is 0 Å². The molecule has 1 heteroatoms. The van der Waals surface area contributed by atoms with Crippen molar-refractivity contribution in [3.05, 3.63) is 82.9 Å². The van der Waals surface area contributed by atoms with Crippen molar-refractivity contribution in [2.75, 3.05) is 0 Å². The molecule has 0 spiro atoms. The second-order valence-corrected chi connectivity index (χ2v) is 3.84. The third-order valence-electron chi connectivity index (χ3n) is 2.64. The maximum Gasteiger partial charge on any atom is 0.116 e. The lowest BCUT2D eigenvalue weighted by Gasteiger charge is -2.06. The number of rotatable bonds is 2. The van der Waals surface area contributed by atoms with E-state index in [2.05, 4.69) is 13.2 Å². The van der Waals surface area contributed by atoms with Gasteiger partial charge in [-0.25, -0.2) is 0 Å². The lowest BCUT2D eigenvalue weighted by molar-refractivity contribution is 0.440. The molecular formula is C16H14O. The lowest BCUT2D eigenvalue weighted by Crippen LogP contribution is -2.26. The highest BCUT2D eigenvalue weighted by Gasteiger charge is 2.05. The van der Waals surface area contributed by atoms with Crippen LogP contribution in [0.1, 0.15) is 5.56 Å². The monoisotopic (exact) mass is 222 g/mol. The van der Waals surface area contributed by atoms with Crippen LogP contribution in [0.4, 0.5) is 0 Å². The molecule has 1 N–H and O–H groups in total. The Kier molecular flexibility index (Phi) is 3.10. The molecule has 0 radical (unpaired) electrons. The molecule has 0 aliphatic carbocycles. The van der Waals surface area contributed by atoms with Crippen molar-refractivity contribution in [2.45, 2.75) is 0 Å². The normalized spacial score (nSPS) is 12.0. The maximum atomic E-state index is 9.78. The van der Waals surface area contributed by atoms with Crippen molar-refractivity contribution in [3.8, 4) is 0 Å². The Morgan fingerprint density at radius 2 is 1.47 bits per heavy atom.